The number of nitrogens with one attached hydrogen (secondary N) is 1. The van der Waals surface area contributed by atoms with E-state index in [1.807, 2.05) is 37.4 Å². The number of aromatic nitrogens is 1. The Morgan fingerprint density at radius 1 is 1.32 bits per heavy atom. The SMILES string of the molecule is Cc1ccc(COc2ccc3c(c2)CNC3=O)nc1. The number of amides is 1. The van der Waals surface area contributed by atoms with Gasteiger partial charge in [-0.3, -0.25) is 9.78 Å². The molecule has 0 aliphatic carbocycles. The molecule has 0 atom stereocenters. The first-order valence-electron chi connectivity index (χ1n) is 6.18. The maximum atomic E-state index is 11.4. The Morgan fingerprint density at radius 2 is 2.21 bits per heavy atom. The normalized spacial score (nSPS) is 13.0. The Labute approximate surface area is 111 Å². The maximum absolute atomic E-state index is 11.4. The van der Waals surface area contributed by atoms with Gasteiger partial charge in [-0.05, 0) is 42.3 Å². The molecule has 0 bridgehead atoms. The van der Waals surface area contributed by atoms with E-state index in [9.17, 15) is 4.79 Å². The van der Waals surface area contributed by atoms with Gasteiger partial charge in [-0.15, -0.1) is 0 Å². The van der Waals surface area contributed by atoms with Crippen LogP contribution in [0.1, 0.15) is 27.2 Å². The van der Waals surface area contributed by atoms with E-state index in [0.717, 1.165) is 28.1 Å². The molecule has 4 nitrogen and oxygen atoms in total. The van der Waals surface area contributed by atoms with Gasteiger partial charge in [0.25, 0.3) is 5.91 Å². The number of carbonyl (C=O) groups is 1. The number of carbonyl (C=O) groups excluding carboxylic acids is 1. The van der Waals surface area contributed by atoms with Crippen LogP contribution in [0.15, 0.2) is 36.5 Å². The third kappa shape index (κ3) is 2.42. The van der Waals surface area contributed by atoms with Gasteiger partial charge in [0.15, 0.2) is 0 Å². The first kappa shape index (κ1) is 11.7. The van der Waals surface area contributed by atoms with E-state index in [4.69, 9.17) is 4.74 Å². The standard InChI is InChI=1S/C15H14N2O2/c1-10-2-3-12(16-7-10)9-19-13-4-5-14-11(6-13)8-17-15(14)18/h2-7H,8-9H2,1H3,(H,17,18). The Morgan fingerprint density at radius 3 is 3.00 bits per heavy atom. The lowest BCUT2D eigenvalue weighted by atomic mass is 10.1. The van der Waals surface area contributed by atoms with Crippen molar-refractivity contribution in [3.63, 3.8) is 0 Å². The van der Waals surface area contributed by atoms with Gasteiger partial charge in [0.1, 0.15) is 12.4 Å². The molecule has 1 aromatic carbocycles. The molecule has 96 valence electrons. The molecule has 0 spiro atoms. The molecule has 0 saturated carbocycles. The topological polar surface area (TPSA) is 51.2 Å². The number of hydrogen-bond donors (Lipinski definition) is 1. The fourth-order valence-electron chi connectivity index (χ4n) is 2.04. The first-order chi connectivity index (χ1) is 9.22. The molecular formula is C15H14N2O2. The summed E-state index contributed by atoms with van der Waals surface area (Å²) in [6.45, 7) is 3.01. The number of ether oxygens (including phenoxy) is 1. The molecule has 1 amide bonds. The summed E-state index contributed by atoms with van der Waals surface area (Å²) >= 11 is 0. The van der Waals surface area contributed by atoms with Crippen molar-refractivity contribution in [1.82, 2.24) is 10.3 Å². The average molecular weight is 254 g/mol. The number of aryl methyl sites for hydroxylation is 1. The smallest absolute Gasteiger partial charge is 0.251 e. The minimum Gasteiger partial charge on any atom is -0.487 e. The predicted octanol–water partition coefficient (Wildman–Crippen LogP) is 2.21. The van der Waals surface area contributed by atoms with E-state index in [1.165, 1.54) is 0 Å². The molecular weight excluding hydrogens is 240 g/mol. The highest BCUT2D eigenvalue weighted by atomic mass is 16.5. The molecule has 1 aliphatic heterocycles. The summed E-state index contributed by atoms with van der Waals surface area (Å²) < 4.78 is 5.69. The van der Waals surface area contributed by atoms with Crippen molar-refractivity contribution in [2.24, 2.45) is 0 Å². The molecule has 1 N–H and O–H groups in total. The zero-order valence-electron chi connectivity index (χ0n) is 10.6. The van der Waals surface area contributed by atoms with Crippen LogP contribution in [0.3, 0.4) is 0 Å². The highest BCUT2D eigenvalue weighted by Crippen LogP contribution is 2.22. The Kier molecular flexibility index (Phi) is 2.91. The van der Waals surface area contributed by atoms with Crippen LogP contribution in [0.25, 0.3) is 0 Å². The fraction of sp³-hybridized carbons (Fsp3) is 0.200. The van der Waals surface area contributed by atoms with Crippen LogP contribution < -0.4 is 10.1 Å². The third-order valence-electron chi connectivity index (χ3n) is 3.12. The van der Waals surface area contributed by atoms with E-state index in [2.05, 4.69) is 10.3 Å². The molecule has 0 saturated heterocycles. The van der Waals surface area contributed by atoms with Gasteiger partial charge in [-0.2, -0.15) is 0 Å². The summed E-state index contributed by atoms with van der Waals surface area (Å²) in [5.74, 6) is 0.749. The van der Waals surface area contributed by atoms with Crippen molar-refractivity contribution in [3.05, 3.63) is 58.9 Å². The van der Waals surface area contributed by atoms with Crippen LogP contribution in [0.5, 0.6) is 5.75 Å². The molecule has 4 heteroatoms. The highest BCUT2D eigenvalue weighted by Gasteiger charge is 2.18. The number of benzene rings is 1. The lowest BCUT2D eigenvalue weighted by molar-refractivity contribution is 0.0966. The van der Waals surface area contributed by atoms with Gasteiger partial charge in [-0.1, -0.05) is 6.07 Å². The van der Waals surface area contributed by atoms with E-state index in [1.54, 1.807) is 6.07 Å². The second kappa shape index (κ2) is 4.72. The summed E-state index contributed by atoms with van der Waals surface area (Å²) in [6, 6.07) is 9.49. The summed E-state index contributed by atoms with van der Waals surface area (Å²) in [5.41, 5.74) is 3.74. The van der Waals surface area contributed by atoms with Crippen LogP contribution >= 0.6 is 0 Å². The van der Waals surface area contributed by atoms with Crippen molar-refractivity contribution in [2.45, 2.75) is 20.1 Å². The third-order valence-corrected chi connectivity index (χ3v) is 3.12. The fourth-order valence-corrected chi connectivity index (χ4v) is 2.04. The number of nitrogens with zero attached hydrogens (tertiary/aromatic N) is 1. The molecule has 2 aromatic rings. The van der Waals surface area contributed by atoms with Gasteiger partial charge < -0.3 is 10.1 Å². The lowest BCUT2D eigenvalue weighted by Gasteiger charge is -2.07. The molecule has 1 aromatic heterocycles. The van der Waals surface area contributed by atoms with Gasteiger partial charge in [0.2, 0.25) is 0 Å². The van der Waals surface area contributed by atoms with Crippen molar-refractivity contribution in [1.29, 1.82) is 0 Å². The molecule has 3 rings (SSSR count). The van der Waals surface area contributed by atoms with Gasteiger partial charge >= 0.3 is 0 Å². The minimum absolute atomic E-state index is 0.0123. The molecule has 0 radical (unpaired) electrons. The summed E-state index contributed by atoms with van der Waals surface area (Å²) in [4.78, 5) is 15.7. The quantitative estimate of drug-likeness (QED) is 0.913. The summed E-state index contributed by atoms with van der Waals surface area (Å²) in [6.07, 6.45) is 1.82. The first-order valence-corrected chi connectivity index (χ1v) is 6.18. The second-order valence-electron chi connectivity index (χ2n) is 4.62. The van der Waals surface area contributed by atoms with E-state index in [-0.39, 0.29) is 5.91 Å². The lowest BCUT2D eigenvalue weighted by Crippen LogP contribution is -2.12. The van der Waals surface area contributed by atoms with Gasteiger partial charge in [0.05, 0.1) is 5.69 Å². The zero-order chi connectivity index (χ0) is 13.2. The number of hydrogen-bond acceptors (Lipinski definition) is 3. The maximum Gasteiger partial charge on any atom is 0.251 e. The molecule has 1 aliphatic rings. The van der Waals surface area contributed by atoms with Crippen molar-refractivity contribution < 1.29 is 9.53 Å². The summed E-state index contributed by atoms with van der Waals surface area (Å²) in [7, 11) is 0. The van der Waals surface area contributed by atoms with Crippen LogP contribution in [-0.2, 0) is 13.2 Å². The minimum atomic E-state index is -0.0123. The van der Waals surface area contributed by atoms with Crippen LogP contribution in [-0.4, -0.2) is 10.9 Å². The number of rotatable bonds is 3. The van der Waals surface area contributed by atoms with E-state index >= 15 is 0 Å². The molecule has 0 fully saturated rings. The highest BCUT2D eigenvalue weighted by molar-refractivity contribution is 5.98. The van der Waals surface area contributed by atoms with Crippen LogP contribution in [0, 0.1) is 6.92 Å². The van der Waals surface area contributed by atoms with Crippen molar-refractivity contribution >= 4 is 5.91 Å². The Balaban J connectivity index is 1.71. The van der Waals surface area contributed by atoms with Crippen molar-refractivity contribution in [2.75, 3.05) is 0 Å². The number of pyridine rings is 1. The molecule has 0 unspecified atom stereocenters. The molecule has 19 heavy (non-hydrogen) atoms. The number of fused-ring (bicyclic) bond motifs is 1. The van der Waals surface area contributed by atoms with Crippen LogP contribution in [0.4, 0.5) is 0 Å². The Hall–Kier alpha value is -2.36. The summed E-state index contributed by atoms with van der Waals surface area (Å²) in [5, 5.41) is 2.79. The monoisotopic (exact) mass is 254 g/mol. The second-order valence-corrected chi connectivity index (χ2v) is 4.62. The Bertz CT molecular complexity index is 621. The van der Waals surface area contributed by atoms with Crippen LogP contribution in [0.2, 0.25) is 0 Å². The molecule has 2 heterocycles. The average Bonchev–Trinajstić information content (AvgIpc) is 2.79. The zero-order valence-corrected chi connectivity index (χ0v) is 10.6. The van der Waals surface area contributed by atoms with E-state index < -0.39 is 0 Å². The van der Waals surface area contributed by atoms with Gasteiger partial charge in [0, 0.05) is 18.3 Å². The van der Waals surface area contributed by atoms with Gasteiger partial charge in [-0.25, -0.2) is 0 Å². The van der Waals surface area contributed by atoms with E-state index in [0.29, 0.717) is 13.2 Å². The van der Waals surface area contributed by atoms with Crippen molar-refractivity contribution in [3.8, 4) is 5.75 Å². The largest absolute Gasteiger partial charge is 0.487 e. The predicted molar refractivity (Wildman–Crippen MR) is 70.9 cm³/mol.